The van der Waals surface area contributed by atoms with Gasteiger partial charge in [0.05, 0.1) is 12.9 Å². The first kappa shape index (κ1) is 23.6. The fourth-order valence-electron chi connectivity index (χ4n) is 3.23. The molecule has 0 unspecified atom stereocenters. The summed E-state index contributed by atoms with van der Waals surface area (Å²) in [6.07, 6.45) is 1.24. The quantitative estimate of drug-likeness (QED) is 0.211. The molecule has 0 bridgehead atoms. The van der Waals surface area contributed by atoms with Gasteiger partial charge in [-0.1, -0.05) is 32.1 Å². The summed E-state index contributed by atoms with van der Waals surface area (Å²) in [6, 6.07) is 0. The van der Waals surface area contributed by atoms with E-state index in [1.54, 1.807) is 0 Å². The van der Waals surface area contributed by atoms with E-state index in [2.05, 4.69) is 38.2 Å². The molecule has 0 radical (unpaired) electrons. The highest BCUT2D eigenvalue weighted by Gasteiger charge is 2.45. The number of nitrogen functional groups attached to an aromatic ring is 1. The van der Waals surface area contributed by atoms with E-state index in [0.29, 0.717) is 6.42 Å². The van der Waals surface area contributed by atoms with E-state index in [0.717, 1.165) is 25.7 Å². The summed E-state index contributed by atoms with van der Waals surface area (Å²) in [5, 5.41) is 20.6. The molecule has 1 aliphatic rings. The van der Waals surface area contributed by atoms with E-state index >= 15 is 0 Å². The van der Waals surface area contributed by atoms with Crippen molar-refractivity contribution < 1.29 is 33.8 Å². The molecule has 1 fully saturated rings. The van der Waals surface area contributed by atoms with Gasteiger partial charge in [-0.3, -0.25) is 9.09 Å². The van der Waals surface area contributed by atoms with Crippen molar-refractivity contribution in [2.24, 2.45) is 0 Å². The molecule has 1 saturated heterocycles. The zero-order chi connectivity index (χ0) is 22.6. The topological polar surface area (TPSA) is 186 Å². The van der Waals surface area contributed by atoms with Gasteiger partial charge in [0.1, 0.15) is 23.8 Å². The number of imidazole rings is 1. The van der Waals surface area contributed by atoms with E-state index in [1.165, 1.54) is 10.9 Å². The summed E-state index contributed by atoms with van der Waals surface area (Å²) >= 11 is 0. The minimum Gasteiger partial charge on any atom is -0.387 e. The van der Waals surface area contributed by atoms with Crippen LogP contribution in [0.5, 0.6) is 0 Å². The van der Waals surface area contributed by atoms with Crippen LogP contribution < -0.4 is 5.73 Å². The van der Waals surface area contributed by atoms with Crippen LogP contribution >= 0.6 is 7.82 Å². The van der Waals surface area contributed by atoms with Crippen LogP contribution in [0.25, 0.3) is 11.2 Å². The molecule has 12 nitrogen and oxygen atoms in total. The molecular weight excluding hydrogens is 429 g/mol. The molecule has 13 heteroatoms. The molecule has 0 amide bonds. The number of unbranched alkanes of at least 4 members (excludes halogenated alkanes) is 4. The summed E-state index contributed by atoms with van der Waals surface area (Å²) in [5.74, 6) is 6.19. The first-order valence-corrected chi connectivity index (χ1v) is 11.4. The lowest BCUT2D eigenvalue weighted by atomic mass is 10.1. The van der Waals surface area contributed by atoms with Crippen LogP contribution in [0.4, 0.5) is 5.82 Å². The number of aromatic nitrogens is 4. The molecule has 0 aromatic carbocycles. The smallest absolute Gasteiger partial charge is 0.387 e. The number of aliphatic hydroxyl groups is 2. The van der Waals surface area contributed by atoms with Crippen LogP contribution in [-0.4, -0.2) is 64.4 Å². The van der Waals surface area contributed by atoms with Gasteiger partial charge in [0.2, 0.25) is 5.82 Å². The maximum absolute atomic E-state index is 10.9. The van der Waals surface area contributed by atoms with Crippen molar-refractivity contribution in [3.8, 4) is 11.8 Å². The average molecular weight is 455 g/mol. The van der Waals surface area contributed by atoms with Crippen LogP contribution in [-0.2, 0) is 13.8 Å². The van der Waals surface area contributed by atoms with Gasteiger partial charge in [0.25, 0.3) is 0 Å². The van der Waals surface area contributed by atoms with Gasteiger partial charge in [-0.2, -0.15) is 0 Å². The van der Waals surface area contributed by atoms with Crippen LogP contribution in [0, 0.1) is 11.8 Å². The molecule has 31 heavy (non-hydrogen) atoms. The van der Waals surface area contributed by atoms with Crippen molar-refractivity contribution in [2.75, 3.05) is 12.3 Å². The summed E-state index contributed by atoms with van der Waals surface area (Å²) in [7, 11) is -4.76. The minimum atomic E-state index is -4.76. The number of anilines is 1. The Morgan fingerprint density at radius 1 is 1.26 bits per heavy atom. The Morgan fingerprint density at radius 2 is 2.03 bits per heavy atom. The molecular formula is C18H26N5O7P. The lowest BCUT2D eigenvalue weighted by Gasteiger charge is -2.16. The largest absolute Gasteiger partial charge is 0.469 e. The van der Waals surface area contributed by atoms with E-state index in [-0.39, 0.29) is 22.8 Å². The van der Waals surface area contributed by atoms with Gasteiger partial charge in [-0.25, -0.2) is 19.5 Å². The third-order valence-electron chi connectivity index (χ3n) is 4.82. The Labute approximate surface area is 178 Å². The number of aliphatic hydroxyl groups excluding tert-OH is 2. The van der Waals surface area contributed by atoms with Gasteiger partial charge in [0.15, 0.2) is 17.7 Å². The first-order valence-electron chi connectivity index (χ1n) is 9.92. The van der Waals surface area contributed by atoms with Crippen molar-refractivity contribution in [1.29, 1.82) is 0 Å². The molecule has 6 N–H and O–H groups in total. The van der Waals surface area contributed by atoms with Crippen LogP contribution in [0.1, 0.15) is 51.1 Å². The Hall–Kier alpha value is -2.10. The predicted octanol–water partition coefficient (Wildman–Crippen LogP) is 0.459. The molecule has 0 spiro atoms. The van der Waals surface area contributed by atoms with Gasteiger partial charge in [-0.05, 0) is 12.3 Å². The summed E-state index contributed by atoms with van der Waals surface area (Å²) in [5.41, 5.74) is 6.49. The predicted molar refractivity (Wildman–Crippen MR) is 109 cm³/mol. The average Bonchev–Trinajstić information content (AvgIpc) is 3.24. The Balaban J connectivity index is 1.80. The molecule has 2 aromatic heterocycles. The number of rotatable bonds is 8. The number of ether oxygens (including phenoxy) is 1. The monoisotopic (exact) mass is 455 g/mol. The Kier molecular flexibility index (Phi) is 7.61. The summed E-state index contributed by atoms with van der Waals surface area (Å²) in [4.78, 5) is 30.3. The number of nitrogens with two attached hydrogens (primary N) is 1. The number of phosphoric ester groups is 1. The Morgan fingerprint density at radius 3 is 2.74 bits per heavy atom. The SMILES string of the molecule is CCCCCCC#Cc1nc(N)c2ncn([C@@H]3O[C@H](COP(=O)(O)O)[C@@H](O)[C@H]3O)c2n1. The molecule has 2 aromatic rings. The summed E-state index contributed by atoms with van der Waals surface area (Å²) in [6.45, 7) is 1.52. The van der Waals surface area contributed by atoms with Crippen molar-refractivity contribution in [1.82, 2.24) is 19.5 Å². The van der Waals surface area contributed by atoms with E-state index in [4.69, 9.17) is 20.3 Å². The third kappa shape index (κ3) is 5.78. The van der Waals surface area contributed by atoms with E-state index < -0.39 is 39.0 Å². The first-order chi connectivity index (χ1) is 14.7. The maximum atomic E-state index is 10.9. The normalized spacial score (nSPS) is 23.8. The lowest BCUT2D eigenvalue weighted by molar-refractivity contribution is -0.0504. The minimum absolute atomic E-state index is 0.105. The highest BCUT2D eigenvalue weighted by atomic mass is 31.2. The van der Waals surface area contributed by atoms with E-state index in [1.807, 2.05) is 0 Å². The number of phosphoric acid groups is 1. The molecule has 4 atom stereocenters. The second kappa shape index (κ2) is 10.0. The number of hydrogen-bond acceptors (Lipinski definition) is 9. The van der Waals surface area contributed by atoms with Crippen molar-refractivity contribution in [3.05, 3.63) is 12.2 Å². The Bertz CT molecular complexity index is 1010. The van der Waals surface area contributed by atoms with Gasteiger partial charge in [0, 0.05) is 6.42 Å². The van der Waals surface area contributed by atoms with Crippen LogP contribution in [0.15, 0.2) is 6.33 Å². The fourth-order valence-corrected chi connectivity index (χ4v) is 3.57. The van der Waals surface area contributed by atoms with Gasteiger partial charge in [-0.15, -0.1) is 0 Å². The van der Waals surface area contributed by atoms with Crippen LogP contribution in [0.3, 0.4) is 0 Å². The second-order valence-corrected chi connectivity index (χ2v) is 8.44. The molecule has 1 aliphatic heterocycles. The molecule has 3 rings (SSSR count). The van der Waals surface area contributed by atoms with Gasteiger partial charge >= 0.3 is 7.82 Å². The molecule has 170 valence electrons. The highest BCUT2D eigenvalue weighted by molar-refractivity contribution is 7.46. The molecule has 0 saturated carbocycles. The van der Waals surface area contributed by atoms with Crippen LogP contribution in [0.2, 0.25) is 0 Å². The zero-order valence-electron chi connectivity index (χ0n) is 17.0. The third-order valence-corrected chi connectivity index (χ3v) is 5.31. The number of hydrogen-bond donors (Lipinski definition) is 5. The summed E-state index contributed by atoms with van der Waals surface area (Å²) < 4.78 is 22.2. The molecule has 0 aliphatic carbocycles. The van der Waals surface area contributed by atoms with Gasteiger partial charge < -0.3 is 30.5 Å². The van der Waals surface area contributed by atoms with Crippen molar-refractivity contribution in [2.45, 2.75) is 63.6 Å². The van der Waals surface area contributed by atoms with Crippen molar-refractivity contribution in [3.63, 3.8) is 0 Å². The zero-order valence-corrected chi connectivity index (χ0v) is 17.9. The standard InChI is InChI=1S/C18H26N5O7P/c1-2-3-4-5-6-7-8-12-21-16(19)13-17(22-12)23(10-20-13)18-15(25)14(24)11(30-18)9-29-31(26,27)28/h10-11,14-15,18,24-25H,2-6,9H2,1H3,(H2,19,21,22)(H2,26,27,28)/t11-,14-,15-,18-/m1/s1. The molecule has 3 heterocycles. The lowest BCUT2D eigenvalue weighted by Crippen LogP contribution is -2.33. The number of fused-ring (bicyclic) bond motifs is 1. The van der Waals surface area contributed by atoms with E-state index in [9.17, 15) is 14.8 Å². The highest BCUT2D eigenvalue weighted by Crippen LogP contribution is 2.38. The van der Waals surface area contributed by atoms with Crippen molar-refractivity contribution >= 4 is 24.8 Å². The fraction of sp³-hybridized carbons (Fsp3) is 0.611. The number of nitrogens with zero attached hydrogens (tertiary/aromatic N) is 4. The maximum Gasteiger partial charge on any atom is 0.469 e. The second-order valence-electron chi connectivity index (χ2n) is 7.20.